The van der Waals surface area contributed by atoms with Gasteiger partial charge in [-0.15, -0.1) is 0 Å². The van der Waals surface area contributed by atoms with E-state index in [1.807, 2.05) is 30.3 Å². The zero-order valence-electron chi connectivity index (χ0n) is 12.7. The number of halogens is 1. The van der Waals surface area contributed by atoms with Crippen LogP contribution in [0, 0.1) is 5.82 Å². The van der Waals surface area contributed by atoms with Crippen LogP contribution in [0.25, 0.3) is 16.9 Å². The summed E-state index contributed by atoms with van der Waals surface area (Å²) in [6.07, 6.45) is 2.42. The van der Waals surface area contributed by atoms with Gasteiger partial charge in [0.15, 0.2) is 5.65 Å². The zero-order valence-corrected chi connectivity index (χ0v) is 12.7. The topological polar surface area (TPSA) is 50.4 Å². The van der Waals surface area contributed by atoms with Gasteiger partial charge in [-0.1, -0.05) is 24.3 Å². The summed E-state index contributed by atoms with van der Waals surface area (Å²) < 4.78 is 15.2. The molecule has 0 aliphatic carbocycles. The Morgan fingerprint density at radius 1 is 1.00 bits per heavy atom. The molecule has 0 bridgehead atoms. The number of aromatic hydroxyl groups is 1. The van der Waals surface area contributed by atoms with E-state index >= 15 is 0 Å². The molecule has 0 aliphatic rings. The molecule has 0 saturated carbocycles. The first-order valence-corrected chi connectivity index (χ1v) is 7.56. The molecule has 0 fully saturated rings. The highest BCUT2D eigenvalue weighted by molar-refractivity contribution is 5.60. The van der Waals surface area contributed by atoms with E-state index in [1.165, 1.54) is 12.1 Å². The van der Waals surface area contributed by atoms with Crippen molar-refractivity contribution in [2.24, 2.45) is 0 Å². The fraction of sp³-hybridized carbons (Fsp3) is 0.0526. The van der Waals surface area contributed by atoms with E-state index < -0.39 is 0 Å². The standard InChI is InChI=1S/C19H14FN3O/c20-15-3-1-2-14(11-15)18-8-9-19-21-12-16(23(19)22-18)10-13-4-6-17(24)7-5-13/h1-9,11-12,24H,10H2. The maximum Gasteiger partial charge on any atom is 0.153 e. The fourth-order valence-electron chi connectivity index (χ4n) is 2.67. The molecule has 2 aromatic heterocycles. The monoisotopic (exact) mass is 319 g/mol. The average molecular weight is 319 g/mol. The predicted molar refractivity (Wildman–Crippen MR) is 89.3 cm³/mol. The van der Waals surface area contributed by atoms with Crippen molar-refractivity contribution >= 4 is 5.65 Å². The molecule has 2 heterocycles. The van der Waals surface area contributed by atoms with Crippen LogP contribution in [-0.4, -0.2) is 19.7 Å². The lowest BCUT2D eigenvalue weighted by Gasteiger charge is -2.05. The van der Waals surface area contributed by atoms with Gasteiger partial charge in [0.2, 0.25) is 0 Å². The second-order valence-electron chi connectivity index (χ2n) is 5.59. The van der Waals surface area contributed by atoms with Crippen LogP contribution in [-0.2, 0) is 6.42 Å². The molecule has 5 heteroatoms. The third kappa shape index (κ3) is 2.72. The maximum absolute atomic E-state index is 13.4. The Kier molecular flexibility index (Phi) is 3.46. The van der Waals surface area contributed by atoms with Crippen molar-refractivity contribution in [3.8, 4) is 17.0 Å². The molecule has 4 rings (SSSR count). The van der Waals surface area contributed by atoms with Gasteiger partial charge in [0.05, 0.1) is 17.6 Å². The Bertz CT molecular complexity index is 1010. The third-order valence-electron chi connectivity index (χ3n) is 3.87. The van der Waals surface area contributed by atoms with E-state index in [2.05, 4.69) is 10.1 Å². The highest BCUT2D eigenvalue weighted by atomic mass is 19.1. The van der Waals surface area contributed by atoms with E-state index in [4.69, 9.17) is 0 Å². The van der Waals surface area contributed by atoms with Crippen molar-refractivity contribution in [1.29, 1.82) is 0 Å². The molecule has 4 nitrogen and oxygen atoms in total. The lowest BCUT2D eigenvalue weighted by Crippen LogP contribution is -2.00. The number of aromatic nitrogens is 3. The van der Waals surface area contributed by atoms with Crippen LogP contribution >= 0.6 is 0 Å². The lowest BCUT2D eigenvalue weighted by molar-refractivity contribution is 0.475. The number of phenols is 1. The largest absolute Gasteiger partial charge is 0.508 e. The summed E-state index contributed by atoms with van der Waals surface area (Å²) in [6.45, 7) is 0. The van der Waals surface area contributed by atoms with E-state index in [9.17, 15) is 9.50 Å². The Balaban J connectivity index is 1.74. The minimum atomic E-state index is -0.288. The quantitative estimate of drug-likeness (QED) is 0.624. The first-order valence-electron chi connectivity index (χ1n) is 7.56. The third-order valence-corrected chi connectivity index (χ3v) is 3.87. The van der Waals surface area contributed by atoms with Gasteiger partial charge in [-0.05, 0) is 42.0 Å². The maximum atomic E-state index is 13.4. The average Bonchev–Trinajstić information content (AvgIpc) is 2.99. The van der Waals surface area contributed by atoms with Crippen LogP contribution in [0.1, 0.15) is 11.3 Å². The number of rotatable bonds is 3. The van der Waals surface area contributed by atoms with Gasteiger partial charge in [0, 0.05) is 12.0 Å². The van der Waals surface area contributed by atoms with Gasteiger partial charge in [-0.2, -0.15) is 5.10 Å². The summed E-state index contributed by atoms with van der Waals surface area (Å²) in [5.74, 6) is -0.0484. The van der Waals surface area contributed by atoms with Crippen molar-refractivity contribution in [3.63, 3.8) is 0 Å². The zero-order chi connectivity index (χ0) is 16.5. The van der Waals surface area contributed by atoms with Crippen LogP contribution in [0.15, 0.2) is 66.9 Å². The number of imidazole rings is 1. The van der Waals surface area contributed by atoms with Crippen molar-refractivity contribution < 1.29 is 9.50 Å². The van der Waals surface area contributed by atoms with Gasteiger partial charge in [-0.25, -0.2) is 13.9 Å². The highest BCUT2D eigenvalue weighted by Crippen LogP contribution is 2.20. The Hall–Kier alpha value is -3.21. The molecule has 0 atom stereocenters. The number of hydrogen-bond acceptors (Lipinski definition) is 3. The molecule has 0 unspecified atom stereocenters. The number of fused-ring (bicyclic) bond motifs is 1. The molecule has 4 aromatic rings. The van der Waals surface area contributed by atoms with Crippen LogP contribution in [0.3, 0.4) is 0 Å². The molecule has 2 aromatic carbocycles. The number of nitrogens with zero attached hydrogens (tertiary/aromatic N) is 3. The van der Waals surface area contributed by atoms with Crippen LogP contribution < -0.4 is 0 Å². The minimum Gasteiger partial charge on any atom is -0.508 e. The summed E-state index contributed by atoms with van der Waals surface area (Å²) in [4.78, 5) is 4.36. The van der Waals surface area contributed by atoms with Gasteiger partial charge in [-0.3, -0.25) is 0 Å². The molecular formula is C19H14FN3O. The normalized spacial score (nSPS) is 11.0. The Morgan fingerprint density at radius 2 is 1.83 bits per heavy atom. The number of phenolic OH excluding ortho intramolecular Hbond substituents is 1. The van der Waals surface area contributed by atoms with Crippen molar-refractivity contribution in [2.75, 3.05) is 0 Å². The molecule has 0 aliphatic heterocycles. The molecular weight excluding hydrogens is 305 g/mol. The smallest absolute Gasteiger partial charge is 0.153 e. The van der Waals surface area contributed by atoms with E-state index in [1.54, 1.807) is 28.9 Å². The van der Waals surface area contributed by atoms with Gasteiger partial charge in [0.1, 0.15) is 11.6 Å². The Morgan fingerprint density at radius 3 is 2.62 bits per heavy atom. The van der Waals surface area contributed by atoms with Crippen LogP contribution in [0.2, 0.25) is 0 Å². The molecule has 1 N–H and O–H groups in total. The van der Waals surface area contributed by atoms with Crippen LogP contribution in [0.4, 0.5) is 4.39 Å². The predicted octanol–water partition coefficient (Wildman–Crippen LogP) is 3.83. The molecule has 0 amide bonds. The SMILES string of the molecule is Oc1ccc(Cc2cnc3ccc(-c4cccc(F)c4)nn23)cc1. The van der Waals surface area contributed by atoms with Crippen LogP contribution in [0.5, 0.6) is 5.75 Å². The Labute approximate surface area is 137 Å². The van der Waals surface area contributed by atoms with Gasteiger partial charge < -0.3 is 5.11 Å². The first kappa shape index (κ1) is 14.4. The van der Waals surface area contributed by atoms with E-state index in [-0.39, 0.29) is 11.6 Å². The second-order valence-corrected chi connectivity index (χ2v) is 5.59. The summed E-state index contributed by atoms with van der Waals surface area (Å²) in [5.41, 5.74) is 4.12. The lowest BCUT2D eigenvalue weighted by atomic mass is 10.1. The van der Waals surface area contributed by atoms with Gasteiger partial charge >= 0.3 is 0 Å². The fourth-order valence-corrected chi connectivity index (χ4v) is 2.67. The summed E-state index contributed by atoms with van der Waals surface area (Å²) in [5, 5.41) is 14.0. The summed E-state index contributed by atoms with van der Waals surface area (Å²) in [6, 6.07) is 17.1. The number of benzene rings is 2. The molecule has 118 valence electrons. The van der Waals surface area contributed by atoms with E-state index in [0.717, 1.165) is 22.5 Å². The summed E-state index contributed by atoms with van der Waals surface area (Å²) in [7, 11) is 0. The van der Waals surface area contributed by atoms with Gasteiger partial charge in [0.25, 0.3) is 0 Å². The molecule has 0 saturated heterocycles. The highest BCUT2D eigenvalue weighted by Gasteiger charge is 2.08. The number of hydrogen-bond donors (Lipinski definition) is 1. The summed E-state index contributed by atoms with van der Waals surface area (Å²) >= 11 is 0. The molecule has 24 heavy (non-hydrogen) atoms. The molecule has 0 radical (unpaired) electrons. The minimum absolute atomic E-state index is 0.239. The second kappa shape index (κ2) is 5.77. The van der Waals surface area contributed by atoms with Crippen molar-refractivity contribution in [3.05, 3.63) is 83.9 Å². The van der Waals surface area contributed by atoms with Crippen molar-refractivity contribution in [1.82, 2.24) is 14.6 Å². The first-order chi connectivity index (χ1) is 11.7. The van der Waals surface area contributed by atoms with Crippen molar-refractivity contribution in [2.45, 2.75) is 6.42 Å². The molecule has 0 spiro atoms. The van der Waals surface area contributed by atoms with E-state index in [0.29, 0.717) is 12.1 Å².